The average Bonchev–Trinajstić information content (AvgIpc) is 2.41. The van der Waals surface area contributed by atoms with Gasteiger partial charge in [0.15, 0.2) is 0 Å². The van der Waals surface area contributed by atoms with Crippen LogP contribution in [0.2, 0.25) is 0 Å². The molecule has 1 saturated carbocycles. The Bertz CT molecular complexity index is 450. The van der Waals surface area contributed by atoms with Crippen LogP contribution in [0.1, 0.15) is 39.0 Å². The van der Waals surface area contributed by atoms with Crippen LogP contribution in [0.15, 0.2) is 28.7 Å². The van der Waals surface area contributed by atoms with Crippen LogP contribution in [-0.2, 0) is 4.79 Å². The zero-order valence-corrected chi connectivity index (χ0v) is 13.5. The molecule has 1 aliphatic carbocycles. The van der Waals surface area contributed by atoms with E-state index in [1.54, 1.807) is 0 Å². The van der Waals surface area contributed by atoms with Crippen LogP contribution in [0, 0.1) is 5.92 Å². The number of halogens is 1. The Morgan fingerprint density at radius 2 is 2.20 bits per heavy atom. The summed E-state index contributed by atoms with van der Waals surface area (Å²) in [7, 11) is 0. The number of carbonyl (C=O) groups is 1. The molecule has 1 N–H and O–H groups in total. The summed E-state index contributed by atoms with van der Waals surface area (Å²) in [6.45, 7) is 2.64. The lowest BCUT2D eigenvalue weighted by atomic mass is 9.86. The van der Waals surface area contributed by atoms with Crippen LogP contribution in [0.25, 0.3) is 0 Å². The van der Waals surface area contributed by atoms with Crippen molar-refractivity contribution in [3.05, 3.63) is 28.7 Å². The highest BCUT2D eigenvalue weighted by molar-refractivity contribution is 9.10. The van der Waals surface area contributed by atoms with Gasteiger partial charge in [0.1, 0.15) is 5.75 Å². The van der Waals surface area contributed by atoms with Crippen molar-refractivity contribution in [3.8, 4) is 5.75 Å². The highest BCUT2D eigenvalue weighted by Gasteiger charge is 2.22. The monoisotopic (exact) mass is 339 g/mol. The molecule has 1 aliphatic rings. The summed E-state index contributed by atoms with van der Waals surface area (Å²) in [5.41, 5.74) is 0. The van der Waals surface area contributed by atoms with Gasteiger partial charge in [-0.2, -0.15) is 0 Å². The molecule has 20 heavy (non-hydrogen) atoms. The largest absolute Gasteiger partial charge is 0.493 e. The quantitative estimate of drug-likeness (QED) is 0.882. The van der Waals surface area contributed by atoms with E-state index in [9.17, 15) is 4.79 Å². The van der Waals surface area contributed by atoms with Crippen LogP contribution < -0.4 is 10.1 Å². The Balaban J connectivity index is 1.70. The standard InChI is InChI=1S/C16H22BrNO2/c1-12-5-2-3-8-15(12)18-16(19)9-10-20-14-7-4-6-13(17)11-14/h4,6-7,11-12,15H,2-3,5,8-10H2,1H3,(H,18,19). The first-order chi connectivity index (χ1) is 9.65. The molecule has 110 valence electrons. The van der Waals surface area contributed by atoms with Gasteiger partial charge in [0.05, 0.1) is 13.0 Å². The molecular formula is C16H22BrNO2. The lowest BCUT2D eigenvalue weighted by Gasteiger charge is -2.29. The summed E-state index contributed by atoms with van der Waals surface area (Å²) in [6, 6.07) is 8.02. The Kier molecular flexibility index (Phi) is 5.89. The fraction of sp³-hybridized carbons (Fsp3) is 0.562. The van der Waals surface area contributed by atoms with Gasteiger partial charge >= 0.3 is 0 Å². The highest BCUT2D eigenvalue weighted by atomic mass is 79.9. The average molecular weight is 340 g/mol. The molecule has 4 heteroatoms. The third kappa shape index (κ3) is 4.82. The number of rotatable bonds is 5. The Hall–Kier alpha value is -1.03. The van der Waals surface area contributed by atoms with Crippen molar-refractivity contribution < 1.29 is 9.53 Å². The predicted octanol–water partition coefficient (Wildman–Crippen LogP) is 3.91. The minimum absolute atomic E-state index is 0.0961. The molecule has 0 radical (unpaired) electrons. The van der Waals surface area contributed by atoms with E-state index in [4.69, 9.17) is 4.74 Å². The lowest BCUT2D eigenvalue weighted by Crippen LogP contribution is -2.41. The zero-order chi connectivity index (χ0) is 14.4. The van der Waals surface area contributed by atoms with Crippen LogP contribution in [-0.4, -0.2) is 18.6 Å². The van der Waals surface area contributed by atoms with Crippen molar-refractivity contribution in [1.82, 2.24) is 5.32 Å². The van der Waals surface area contributed by atoms with E-state index in [2.05, 4.69) is 28.2 Å². The number of ether oxygens (including phenoxy) is 1. The topological polar surface area (TPSA) is 38.3 Å². The molecule has 2 rings (SSSR count). The van der Waals surface area contributed by atoms with E-state index >= 15 is 0 Å². The predicted molar refractivity (Wildman–Crippen MR) is 83.8 cm³/mol. The molecule has 0 aromatic heterocycles. The van der Waals surface area contributed by atoms with E-state index in [1.807, 2.05) is 24.3 Å². The second-order valence-electron chi connectivity index (χ2n) is 5.49. The van der Waals surface area contributed by atoms with Crippen molar-refractivity contribution in [2.45, 2.75) is 45.1 Å². The first kappa shape index (κ1) is 15.4. The van der Waals surface area contributed by atoms with Gasteiger partial charge in [-0.15, -0.1) is 0 Å². The van der Waals surface area contributed by atoms with Crippen molar-refractivity contribution in [2.75, 3.05) is 6.61 Å². The third-order valence-corrected chi connectivity index (χ3v) is 4.35. The number of amides is 1. The fourth-order valence-corrected chi connectivity index (χ4v) is 3.01. The van der Waals surface area contributed by atoms with Crippen molar-refractivity contribution >= 4 is 21.8 Å². The Labute approximate surface area is 129 Å². The second-order valence-corrected chi connectivity index (χ2v) is 6.41. The van der Waals surface area contributed by atoms with Gasteiger partial charge in [0.25, 0.3) is 0 Å². The molecule has 1 aromatic carbocycles. The molecule has 2 atom stereocenters. The highest BCUT2D eigenvalue weighted by Crippen LogP contribution is 2.23. The molecule has 0 spiro atoms. The molecule has 0 bridgehead atoms. The van der Waals surface area contributed by atoms with Crippen molar-refractivity contribution in [1.29, 1.82) is 0 Å². The van der Waals surface area contributed by atoms with Gasteiger partial charge in [-0.3, -0.25) is 4.79 Å². The van der Waals surface area contributed by atoms with Crippen LogP contribution in [0.3, 0.4) is 0 Å². The maximum atomic E-state index is 11.9. The molecule has 1 aromatic rings. The smallest absolute Gasteiger partial charge is 0.223 e. The molecule has 0 aliphatic heterocycles. The van der Waals surface area contributed by atoms with Gasteiger partial charge < -0.3 is 10.1 Å². The minimum Gasteiger partial charge on any atom is -0.493 e. The maximum absolute atomic E-state index is 11.9. The second kappa shape index (κ2) is 7.67. The summed E-state index contributed by atoms with van der Waals surface area (Å²) in [4.78, 5) is 11.9. The molecule has 2 unspecified atom stereocenters. The minimum atomic E-state index is 0.0961. The normalized spacial score (nSPS) is 22.3. The van der Waals surface area contributed by atoms with Gasteiger partial charge in [0.2, 0.25) is 5.91 Å². The first-order valence-electron chi connectivity index (χ1n) is 7.33. The van der Waals surface area contributed by atoms with E-state index in [0.717, 1.165) is 16.6 Å². The molecule has 3 nitrogen and oxygen atoms in total. The van der Waals surface area contributed by atoms with Gasteiger partial charge in [-0.25, -0.2) is 0 Å². The lowest BCUT2D eigenvalue weighted by molar-refractivity contribution is -0.122. The van der Waals surface area contributed by atoms with E-state index in [1.165, 1.54) is 19.3 Å². The number of hydrogen-bond donors (Lipinski definition) is 1. The fourth-order valence-electron chi connectivity index (χ4n) is 2.63. The number of nitrogens with one attached hydrogen (secondary N) is 1. The molecule has 1 fully saturated rings. The number of carbonyl (C=O) groups excluding carboxylic acids is 1. The van der Waals surface area contributed by atoms with E-state index in [0.29, 0.717) is 25.0 Å². The Morgan fingerprint density at radius 3 is 2.95 bits per heavy atom. The number of benzene rings is 1. The summed E-state index contributed by atoms with van der Waals surface area (Å²) in [5, 5.41) is 3.14. The summed E-state index contributed by atoms with van der Waals surface area (Å²) in [6.07, 6.45) is 5.26. The maximum Gasteiger partial charge on any atom is 0.223 e. The summed E-state index contributed by atoms with van der Waals surface area (Å²) < 4.78 is 6.56. The van der Waals surface area contributed by atoms with Crippen LogP contribution in [0.5, 0.6) is 5.75 Å². The summed E-state index contributed by atoms with van der Waals surface area (Å²) >= 11 is 3.40. The SMILES string of the molecule is CC1CCCCC1NC(=O)CCOc1cccc(Br)c1. The summed E-state index contributed by atoms with van der Waals surface area (Å²) in [5.74, 6) is 1.48. The Morgan fingerprint density at radius 1 is 1.40 bits per heavy atom. The zero-order valence-electron chi connectivity index (χ0n) is 11.9. The van der Waals surface area contributed by atoms with Crippen LogP contribution >= 0.6 is 15.9 Å². The van der Waals surface area contributed by atoms with Gasteiger partial charge in [-0.1, -0.05) is 41.8 Å². The van der Waals surface area contributed by atoms with Gasteiger partial charge in [0, 0.05) is 10.5 Å². The van der Waals surface area contributed by atoms with E-state index < -0.39 is 0 Å². The van der Waals surface area contributed by atoms with Crippen LogP contribution in [0.4, 0.5) is 0 Å². The third-order valence-electron chi connectivity index (χ3n) is 3.85. The van der Waals surface area contributed by atoms with E-state index in [-0.39, 0.29) is 5.91 Å². The molecule has 0 saturated heterocycles. The van der Waals surface area contributed by atoms with Crippen molar-refractivity contribution in [3.63, 3.8) is 0 Å². The van der Waals surface area contributed by atoms with Gasteiger partial charge in [-0.05, 0) is 37.0 Å². The molecular weight excluding hydrogens is 318 g/mol. The number of hydrogen-bond acceptors (Lipinski definition) is 2. The first-order valence-corrected chi connectivity index (χ1v) is 8.12. The molecule has 0 heterocycles. The molecule has 1 amide bonds. The van der Waals surface area contributed by atoms with Crippen molar-refractivity contribution in [2.24, 2.45) is 5.92 Å².